The van der Waals surface area contributed by atoms with Gasteiger partial charge in [-0.05, 0) is 13.0 Å². The maximum Gasteiger partial charge on any atom is 0.329 e. The average molecular weight is 194 g/mol. The molecule has 0 fully saturated rings. The van der Waals surface area contributed by atoms with Crippen molar-refractivity contribution in [2.75, 3.05) is 13.2 Å². The molecule has 0 rings (SSSR count). The molecule has 82 valence electrons. The molecule has 7 N–H and O–H groups in total. The van der Waals surface area contributed by atoms with Crippen LogP contribution in [0.2, 0.25) is 0 Å². The summed E-state index contributed by atoms with van der Waals surface area (Å²) in [6.45, 7) is 2.29. The Hall–Kier alpha value is -0.650. The highest BCUT2D eigenvalue weighted by atomic mass is 16.4. The average Bonchev–Trinajstić information content (AvgIpc) is 2.07. The van der Waals surface area contributed by atoms with Crippen LogP contribution < -0.4 is 11.9 Å². The molecular weight excluding hydrogens is 172 g/mol. The van der Waals surface area contributed by atoms with E-state index in [0.29, 0.717) is 0 Å². The van der Waals surface area contributed by atoms with E-state index < -0.39 is 12.6 Å². The molecule has 0 aliphatic heterocycles. The van der Waals surface area contributed by atoms with Gasteiger partial charge in [0, 0.05) is 0 Å². The maximum atomic E-state index is 9.12. The number of carbonyl (C=O) groups is 1. The normalized spacial score (nSPS) is 7.92. The summed E-state index contributed by atoms with van der Waals surface area (Å²) in [5.41, 5.74) is 5.27. The molecule has 0 aliphatic carbocycles. The Labute approximate surface area is 79.5 Å². The van der Waals surface area contributed by atoms with E-state index in [1.807, 2.05) is 0 Å². The van der Waals surface area contributed by atoms with Crippen molar-refractivity contribution < 1.29 is 15.0 Å². The van der Waals surface area contributed by atoms with Crippen molar-refractivity contribution in [3.8, 4) is 0 Å². The van der Waals surface area contributed by atoms with Gasteiger partial charge in [-0.2, -0.15) is 0 Å². The number of hydrogen-bond acceptors (Lipinski definition) is 4. The van der Waals surface area contributed by atoms with E-state index in [4.69, 9.17) is 20.7 Å². The lowest BCUT2D eigenvalue weighted by Crippen LogP contribution is -1.98. The standard InChI is InChI=1S/C6H15N.C2H4O3.H3N/c1-2-3-4-5-6-7;3-1-2(4)5;/h2-7H2,1H3;3H,1H2,(H,4,5);1H3. The lowest BCUT2D eigenvalue weighted by molar-refractivity contribution is -0.140. The van der Waals surface area contributed by atoms with Crippen LogP contribution in [0.1, 0.15) is 32.6 Å². The molecule has 0 unspecified atom stereocenters. The second-order valence-corrected chi connectivity index (χ2v) is 2.40. The largest absolute Gasteiger partial charge is 0.480 e. The van der Waals surface area contributed by atoms with Gasteiger partial charge in [0.1, 0.15) is 6.61 Å². The second-order valence-electron chi connectivity index (χ2n) is 2.40. The Morgan fingerprint density at radius 2 is 1.77 bits per heavy atom. The molecule has 0 heterocycles. The molecule has 0 amide bonds. The molecule has 0 saturated heterocycles. The Morgan fingerprint density at radius 1 is 1.31 bits per heavy atom. The second kappa shape index (κ2) is 17.4. The lowest BCUT2D eigenvalue weighted by atomic mass is 10.2. The Kier molecular flexibility index (Phi) is 24.4. The zero-order valence-corrected chi connectivity index (χ0v) is 8.33. The minimum absolute atomic E-state index is 0. The maximum absolute atomic E-state index is 9.12. The molecule has 0 aromatic rings. The molecular formula is C8H22N2O3. The van der Waals surface area contributed by atoms with Crippen LogP contribution in [0, 0.1) is 0 Å². The van der Waals surface area contributed by atoms with E-state index >= 15 is 0 Å². The topological polar surface area (TPSA) is 119 Å². The first-order valence-corrected chi connectivity index (χ1v) is 4.21. The Morgan fingerprint density at radius 3 is 2.00 bits per heavy atom. The summed E-state index contributed by atoms with van der Waals surface area (Å²) in [6.07, 6.45) is 5.16. The fourth-order valence-electron chi connectivity index (χ4n) is 0.571. The van der Waals surface area contributed by atoms with Crippen molar-refractivity contribution in [2.45, 2.75) is 32.6 Å². The Bertz CT molecular complexity index is 95.4. The third-order valence-corrected chi connectivity index (χ3v) is 1.19. The number of rotatable bonds is 5. The number of aliphatic hydroxyl groups is 1. The molecule has 0 aromatic carbocycles. The van der Waals surface area contributed by atoms with Gasteiger partial charge in [-0.3, -0.25) is 0 Å². The van der Waals surface area contributed by atoms with Gasteiger partial charge in [-0.1, -0.05) is 26.2 Å². The number of aliphatic carboxylic acids is 1. The fraction of sp³-hybridized carbons (Fsp3) is 0.875. The molecule has 0 aromatic heterocycles. The van der Waals surface area contributed by atoms with Crippen molar-refractivity contribution in [1.82, 2.24) is 6.15 Å². The van der Waals surface area contributed by atoms with E-state index in [1.54, 1.807) is 0 Å². The monoisotopic (exact) mass is 194 g/mol. The summed E-state index contributed by atoms with van der Waals surface area (Å²) >= 11 is 0. The van der Waals surface area contributed by atoms with Gasteiger partial charge in [0.25, 0.3) is 0 Å². The number of aliphatic hydroxyl groups excluding tert-OH is 1. The highest BCUT2D eigenvalue weighted by Gasteiger charge is 1.82. The summed E-state index contributed by atoms with van der Waals surface area (Å²) in [4.78, 5) is 9.12. The molecule has 5 heteroatoms. The summed E-state index contributed by atoms with van der Waals surface area (Å²) in [7, 11) is 0. The van der Waals surface area contributed by atoms with Crippen LogP contribution in [-0.4, -0.2) is 29.3 Å². The zero-order chi connectivity index (χ0) is 9.82. The quantitative estimate of drug-likeness (QED) is 0.481. The first kappa shape index (κ1) is 18.2. The molecule has 5 nitrogen and oxygen atoms in total. The van der Waals surface area contributed by atoms with Crippen LogP contribution in [0.4, 0.5) is 0 Å². The number of hydrogen-bond donors (Lipinski definition) is 4. The minimum atomic E-state index is -1.19. The van der Waals surface area contributed by atoms with Crippen LogP contribution >= 0.6 is 0 Å². The highest BCUT2D eigenvalue weighted by molar-refractivity contribution is 5.67. The van der Waals surface area contributed by atoms with Crippen LogP contribution in [0.5, 0.6) is 0 Å². The van der Waals surface area contributed by atoms with Crippen LogP contribution in [0.15, 0.2) is 0 Å². The fourth-order valence-corrected chi connectivity index (χ4v) is 0.571. The predicted octanol–water partition coefficient (Wildman–Crippen LogP) is 0.751. The third kappa shape index (κ3) is 34.7. The highest BCUT2D eigenvalue weighted by Crippen LogP contribution is 1.95. The van der Waals surface area contributed by atoms with Crippen molar-refractivity contribution >= 4 is 5.97 Å². The van der Waals surface area contributed by atoms with Gasteiger partial charge < -0.3 is 22.1 Å². The SMILES string of the molecule is CCCCCCN.N.O=C(O)CO. The molecule has 13 heavy (non-hydrogen) atoms. The van der Waals surface area contributed by atoms with E-state index in [2.05, 4.69) is 6.92 Å². The molecule has 0 radical (unpaired) electrons. The minimum Gasteiger partial charge on any atom is -0.480 e. The van der Waals surface area contributed by atoms with E-state index in [0.717, 1.165) is 6.54 Å². The van der Waals surface area contributed by atoms with Gasteiger partial charge in [0.15, 0.2) is 0 Å². The van der Waals surface area contributed by atoms with Crippen LogP contribution in [0.25, 0.3) is 0 Å². The lowest BCUT2D eigenvalue weighted by Gasteiger charge is -1.90. The van der Waals surface area contributed by atoms with Crippen molar-refractivity contribution in [3.63, 3.8) is 0 Å². The first-order valence-electron chi connectivity index (χ1n) is 4.21. The van der Waals surface area contributed by atoms with Crippen LogP contribution in [0.3, 0.4) is 0 Å². The summed E-state index contributed by atoms with van der Waals surface area (Å²) in [6, 6.07) is 0. The third-order valence-electron chi connectivity index (χ3n) is 1.19. The summed E-state index contributed by atoms with van der Waals surface area (Å²) < 4.78 is 0. The van der Waals surface area contributed by atoms with Gasteiger partial charge in [0.05, 0.1) is 0 Å². The van der Waals surface area contributed by atoms with Crippen molar-refractivity contribution in [3.05, 3.63) is 0 Å². The number of carboxylic acid groups (broad SMARTS) is 1. The van der Waals surface area contributed by atoms with Gasteiger partial charge >= 0.3 is 5.97 Å². The van der Waals surface area contributed by atoms with Gasteiger partial charge in [0.2, 0.25) is 0 Å². The summed E-state index contributed by atoms with van der Waals surface area (Å²) in [5, 5.41) is 15.0. The molecule has 0 saturated carbocycles. The Balaban J connectivity index is -0.000000150. The van der Waals surface area contributed by atoms with E-state index in [1.165, 1.54) is 25.7 Å². The predicted molar refractivity (Wildman–Crippen MR) is 52.9 cm³/mol. The molecule has 0 aliphatic rings. The van der Waals surface area contributed by atoms with Crippen molar-refractivity contribution in [2.24, 2.45) is 5.73 Å². The van der Waals surface area contributed by atoms with Gasteiger partial charge in [-0.25, -0.2) is 4.79 Å². The van der Waals surface area contributed by atoms with Crippen molar-refractivity contribution in [1.29, 1.82) is 0 Å². The number of carboxylic acids is 1. The molecule has 0 atom stereocenters. The first-order chi connectivity index (χ1) is 5.68. The van der Waals surface area contributed by atoms with Gasteiger partial charge in [-0.15, -0.1) is 0 Å². The smallest absolute Gasteiger partial charge is 0.329 e. The molecule has 0 spiro atoms. The number of nitrogens with two attached hydrogens (primary N) is 1. The van der Waals surface area contributed by atoms with E-state index in [9.17, 15) is 0 Å². The zero-order valence-electron chi connectivity index (χ0n) is 8.33. The summed E-state index contributed by atoms with van der Waals surface area (Å²) in [5.74, 6) is -1.19. The van der Waals surface area contributed by atoms with E-state index in [-0.39, 0.29) is 6.15 Å². The number of unbranched alkanes of at least 4 members (excludes halogenated alkanes) is 3. The molecule has 0 bridgehead atoms. The van der Waals surface area contributed by atoms with Crippen LogP contribution in [-0.2, 0) is 4.79 Å².